The third-order valence-electron chi connectivity index (χ3n) is 2.97. The van der Waals surface area contributed by atoms with Gasteiger partial charge in [-0.3, -0.25) is 9.59 Å². The molecule has 0 fully saturated rings. The van der Waals surface area contributed by atoms with Crippen molar-refractivity contribution in [3.63, 3.8) is 0 Å². The minimum Gasteiger partial charge on any atom is -0.480 e. The summed E-state index contributed by atoms with van der Waals surface area (Å²) in [4.78, 5) is 28.7. The van der Waals surface area contributed by atoms with E-state index >= 15 is 0 Å². The molecule has 0 radical (unpaired) electrons. The van der Waals surface area contributed by atoms with Crippen molar-refractivity contribution in [3.05, 3.63) is 23.0 Å². The molecule has 1 N–H and O–H groups in total. The van der Waals surface area contributed by atoms with Gasteiger partial charge in [0.2, 0.25) is 0 Å². The van der Waals surface area contributed by atoms with E-state index in [9.17, 15) is 9.59 Å². The Morgan fingerprint density at radius 1 is 1.40 bits per heavy atom. The molecule has 0 aromatic carbocycles. The Morgan fingerprint density at radius 3 is 2.70 bits per heavy atom. The zero-order valence-corrected chi connectivity index (χ0v) is 11.5. The van der Waals surface area contributed by atoms with Gasteiger partial charge in [0.15, 0.2) is 0 Å². The number of nitrogens with zero attached hydrogens (tertiary/aromatic N) is 3. The first-order chi connectivity index (χ1) is 9.43. The number of fused-ring (bicyclic) bond motifs is 1. The van der Waals surface area contributed by atoms with Crippen molar-refractivity contribution in [2.45, 2.75) is 20.8 Å². The van der Waals surface area contributed by atoms with Crippen molar-refractivity contribution in [2.75, 3.05) is 13.1 Å². The summed E-state index contributed by atoms with van der Waals surface area (Å²) >= 11 is 0. The van der Waals surface area contributed by atoms with Gasteiger partial charge in [-0.2, -0.15) is 0 Å². The summed E-state index contributed by atoms with van der Waals surface area (Å²) in [6.07, 6.45) is 0. The van der Waals surface area contributed by atoms with Gasteiger partial charge >= 0.3 is 5.97 Å². The predicted molar refractivity (Wildman–Crippen MR) is 70.5 cm³/mol. The molecule has 2 heterocycles. The number of carbonyl (C=O) groups excluding carboxylic acids is 1. The highest BCUT2D eigenvalue weighted by Gasteiger charge is 2.22. The van der Waals surface area contributed by atoms with Crippen LogP contribution in [0.5, 0.6) is 0 Å². The van der Waals surface area contributed by atoms with Gasteiger partial charge < -0.3 is 14.5 Å². The van der Waals surface area contributed by atoms with Crippen LogP contribution in [0.15, 0.2) is 10.6 Å². The van der Waals surface area contributed by atoms with Crippen LogP contribution in [0.4, 0.5) is 0 Å². The molecule has 2 rings (SSSR count). The topological polar surface area (TPSA) is 96.5 Å². The van der Waals surface area contributed by atoms with E-state index in [0.717, 1.165) is 0 Å². The van der Waals surface area contributed by atoms with Gasteiger partial charge in [0.25, 0.3) is 11.6 Å². The number of aryl methyl sites for hydroxylation is 2. The molecule has 0 bridgehead atoms. The van der Waals surface area contributed by atoms with Crippen LogP contribution in [0.1, 0.15) is 28.7 Å². The molecule has 2 aromatic heterocycles. The summed E-state index contributed by atoms with van der Waals surface area (Å²) in [5.74, 6) is -1.42. The molecule has 0 atom stereocenters. The van der Waals surface area contributed by atoms with Crippen molar-refractivity contribution in [2.24, 2.45) is 0 Å². The Balaban J connectivity index is 2.53. The van der Waals surface area contributed by atoms with Crippen LogP contribution in [-0.2, 0) is 4.79 Å². The van der Waals surface area contributed by atoms with E-state index in [1.165, 1.54) is 4.90 Å². The average Bonchev–Trinajstić information content (AvgIpc) is 2.75. The predicted octanol–water partition coefficient (Wildman–Crippen LogP) is 1.39. The van der Waals surface area contributed by atoms with Gasteiger partial charge in [-0.15, -0.1) is 0 Å². The molecule has 0 unspecified atom stereocenters. The van der Waals surface area contributed by atoms with Crippen molar-refractivity contribution in [1.29, 1.82) is 0 Å². The number of hydrogen-bond acceptors (Lipinski definition) is 5. The summed E-state index contributed by atoms with van der Waals surface area (Å²) in [6, 6.07) is 1.62. The zero-order valence-electron chi connectivity index (χ0n) is 11.5. The lowest BCUT2D eigenvalue weighted by molar-refractivity contribution is -0.137. The quantitative estimate of drug-likeness (QED) is 0.907. The van der Waals surface area contributed by atoms with Gasteiger partial charge in [0, 0.05) is 12.2 Å². The fraction of sp³-hybridized carbons (Fsp3) is 0.385. The van der Waals surface area contributed by atoms with Crippen molar-refractivity contribution in [1.82, 2.24) is 15.0 Å². The van der Waals surface area contributed by atoms with Crippen molar-refractivity contribution < 1.29 is 19.2 Å². The maximum Gasteiger partial charge on any atom is 0.323 e. The van der Waals surface area contributed by atoms with E-state index in [-0.39, 0.29) is 18.2 Å². The molecule has 0 aliphatic carbocycles. The molecule has 1 amide bonds. The number of likely N-dealkylation sites (N-methyl/N-ethyl adjacent to an activating group) is 1. The molecule has 20 heavy (non-hydrogen) atoms. The Bertz CT molecular complexity index is 678. The molecule has 0 spiro atoms. The van der Waals surface area contributed by atoms with Crippen LogP contribution < -0.4 is 0 Å². The summed E-state index contributed by atoms with van der Waals surface area (Å²) in [5, 5.41) is 13.2. The van der Waals surface area contributed by atoms with E-state index in [1.807, 2.05) is 0 Å². The van der Waals surface area contributed by atoms with Gasteiger partial charge in [-0.25, -0.2) is 4.98 Å². The molecule has 0 saturated carbocycles. The first-order valence-corrected chi connectivity index (χ1v) is 6.18. The van der Waals surface area contributed by atoms with E-state index in [2.05, 4.69) is 10.1 Å². The summed E-state index contributed by atoms with van der Waals surface area (Å²) in [5.41, 5.74) is 1.83. The van der Waals surface area contributed by atoms with E-state index in [1.54, 1.807) is 26.8 Å². The summed E-state index contributed by atoms with van der Waals surface area (Å²) < 4.78 is 5.07. The smallest absolute Gasteiger partial charge is 0.323 e. The van der Waals surface area contributed by atoms with Crippen LogP contribution in [0.2, 0.25) is 0 Å². The zero-order chi connectivity index (χ0) is 14.9. The van der Waals surface area contributed by atoms with Gasteiger partial charge in [-0.05, 0) is 26.8 Å². The second-order valence-electron chi connectivity index (χ2n) is 4.47. The highest BCUT2D eigenvalue weighted by Crippen LogP contribution is 2.23. The van der Waals surface area contributed by atoms with Crippen LogP contribution in [0, 0.1) is 13.8 Å². The lowest BCUT2D eigenvalue weighted by atomic mass is 10.1. The van der Waals surface area contributed by atoms with Crippen LogP contribution in [0.3, 0.4) is 0 Å². The lowest BCUT2D eigenvalue weighted by Crippen LogP contribution is -2.35. The Labute approximate surface area is 115 Å². The highest BCUT2D eigenvalue weighted by molar-refractivity contribution is 6.06. The number of amides is 1. The molecule has 2 aromatic rings. The molecule has 7 nitrogen and oxygen atoms in total. The van der Waals surface area contributed by atoms with E-state index in [4.69, 9.17) is 9.63 Å². The van der Waals surface area contributed by atoms with E-state index < -0.39 is 5.97 Å². The molecule has 0 aliphatic heterocycles. The summed E-state index contributed by atoms with van der Waals surface area (Å²) in [7, 11) is 0. The van der Waals surface area contributed by atoms with E-state index in [0.29, 0.717) is 28.9 Å². The lowest BCUT2D eigenvalue weighted by Gasteiger charge is -2.19. The maximum atomic E-state index is 12.5. The van der Waals surface area contributed by atoms with Crippen LogP contribution in [0.25, 0.3) is 11.1 Å². The third-order valence-corrected chi connectivity index (χ3v) is 2.97. The third kappa shape index (κ3) is 2.47. The van der Waals surface area contributed by atoms with Gasteiger partial charge in [-0.1, -0.05) is 5.16 Å². The van der Waals surface area contributed by atoms with Crippen molar-refractivity contribution >= 4 is 23.0 Å². The number of rotatable bonds is 4. The van der Waals surface area contributed by atoms with Gasteiger partial charge in [0.1, 0.15) is 6.54 Å². The Hall–Kier alpha value is -2.44. The monoisotopic (exact) mass is 277 g/mol. The molecule has 7 heteroatoms. The second-order valence-corrected chi connectivity index (χ2v) is 4.47. The number of aromatic nitrogens is 2. The molecular formula is C13H15N3O4. The molecule has 0 saturated heterocycles. The minimum atomic E-state index is -1.05. The fourth-order valence-electron chi connectivity index (χ4n) is 2.05. The van der Waals surface area contributed by atoms with Crippen LogP contribution >= 0.6 is 0 Å². The average molecular weight is 277 g/mol. The van der Waals surface area contributed by atoms with Crippen LogP contribution in [-0.4, -0.2) is 45.1 Å². The Kier molecular flexibility index (Phi) is 3.69. The standard InChI is InChI=1S/C13H15N3O4/c1-4-16(6-10(17)18)13(19)9-5-7(2)14-12-11(9)8(3)15-20-12/h5H,4,6H2,1-3H3,(H,17,18). The number of aliphatic carboxylic acids is 1. The highest BCUT2D eigenvalue weighted by atomic mass is 16.5. The van der Waals surface area contributed by atoms with Gasteiger partial charge in [0.05, 0.1) is 16.6 Å². The first kappa shape index (κ1) is 14.0. The number of carboxylic acids is 1. The number of pyridine rings is 1. The Morgan fingerprint density at radius 2 is 2.10 bits per heavy atom. The second kappa shape index (κ2) is 5.28. The number of hydrogen-bond donors (Lipinski definition) is 1. The maximum absolute atomic E-state index is 12.5. The summed E-state index contributed by atoms with van der Waals surface area (Å²) in [6.45, 7) is 5.14. The first-order valence-electron chi connectivity index (χ1n) is 6.18. The SMILES string of the molecule is CCN(CC(=O)O)C(=O)c1cc(C)nc2onc(C)c12. The molecule has 0 aliphatic rings. The fourth-order valence-corrected chi connectivity index (χ4v) is 2.05. The normalized spacial score (nSPS) is 10.8. The number of carbonyl (C=O) groups is 2. The molecule has 106 valence electrons. The molecular weight excluding hydrogens is 262 g/mol. The number of carboxylic acid groups (broad SMARTS) is 1. The minimum absolute atomic E-state index is 0.289. The van der Waals surface area contributed by atoms with Crippen molar-refractivity contribution in [3.8, 4) is 0 Å². The largest absolute Gasteiger partial charge is 0.480 e.